The van der Waals surface area contributed by atoms with Gasteiger partial charge in [0.2, 0.25) is 0 Å². The lowest BCUT2D eigenvalue weighted by atomic mass is 9.81. The summed E-state index contributed by atoms with van der Waals surface area (Å²) in [6.07, 6.45) is 2.16. The van der Waals surface area contributed by atoms with E-state index in [-0.39, 0.29) is 5.91 Å². The predicted molar refractivity (Wildman–Crippen MR) is 76.7 cm³/mol. The van der Waals surface area contributed by atoms with Crippen LogP contribution in [-0.2, 0) is 11.2 Å². The number of piperidine rings is 1. The van der Waals surface area contributed by atoms with Gasteiger partial charge >= 0.3 is 5.97 Å². The molecule has 1 unspecified atom stereocenters. The lowest BCUT2D eigenvalue weighted by Crippen LogP contribution is -2.48. The van der Waals surface area contributed by atoms with E-state index in [1.54, 1.807) is 11.8 Å². The zero-order valence-corrected chi connectivity index (χ0v) is 12.1. The number of nitrogens with zero attached hydrogens (tertiary/aromatic N) is 1. The Morgan fingerprint density at radius 3 is 2.70 bits per heavy atom. The van der Waals surface area contributed by atoms with E-state index < -0.39 is 11.4 Å². The maximum Gasteiger partial charge on any atom is 0.311 e. The van der Waals surface area contributed by atoms with Gasteiger partial charge in [0.1, 0.15) is 0 Å². The first-order chi connectivity index (χ1) is 9.48. The van der Waals surface area contributed by atoms with E-state index in [4.69, 9.17) is 0 Å². The number of aliphatic carboxylic acids is 1. The standard InChI is InChI=1S/C16H21NO3/c1-3-12-7-4-5-8-13(12)14(18)17-10-6-9-16(2,11-17)15(19)20/h4-5,7-8H,3,6,9-11H2,1-2H3,(H,19,20). The lowest BCUT2D eigenvalue weighted by Gasteiger charge is -2.37. The molecule has 1 fully saturated rings. The number of hydrogen-bond acceptors (Lipinski definition) is 2. The van der Waals surface area contributed by atoms with Gasteiger partial charge in [-0.1, -0.05) is 25.1 Å². The minimum absolute atomic E-state index is 0.0466. The van der Waals surface area contributed by atoms with Crippen molar-refractivity contribution in [3.63, 3.8) is 0 Å². The molecule has 0 bridgehead atoms. The molecular formula is C16H21NO3. The van der Waals surface area contributed by atoms with E-state index in [1.165, 1.54) is 0 Å². The van der Waals surface area contributed by atoms with Crippen LogP contribution in [0, 0.1) is 5.41 Å². The van der Waals surface area contributed by atoms with Gasteiger partial charge in [0.05, 0.1) is 5.41 Å². The average Bonchev–Trinajstić information content (AvgIpc) is 2.46. The van der Waals surface area contributed by atoms with E-state index >= 15 is 0 Å². The summed E-state index contributed by atoms with van der Waals surface area (Å²) in [5.74, 6) is -0.867. The van der Waals surface area contributed by atoms with Crippen molar-refractivity contribution in [2.75, 3.05) is 13.1 Å². The third-order valence-electron chi connectivity index (χ3n) is 4.13. The van der Waals surface area contributed by atoms with Crippen molar-refractivity contribution >= 4 is 11.9 Å². The van der Waals surface area contributed by atoms with Gasteiger partial charge in [0.25, 0.3) is 5.91 Å². The number of hydrogen-bond donors (Lipinski definition) is 1. The highest BCUT2D eigenvalue weighted by molar-refractivity contribution is 5.96. The van der Waals surface area contributed by atoms with E-state index in [0.717, 1.165) is 18.4 Å². The van der Waals surface area contributed by atoms with Crippen molar-refractivity contribution in [1.82, 2.24) is 4.90 Å². The van der Waals surface area contributed by atoms with Crippen LogP contribution >= 0.6 is 0 Å². The van der Waals surface area contributed by atoms with Crippen molar-refractivity contribution < 1.29 is 14.7 Å². The highest BCUT2D eigenvalue weighted by Crippen LogP contribution is 2.30. The Kier molecular flexibility index (Phi) is 4.12. The topological polar surface area (TPSA) is 57.6 Å². The van der Waals surface area contributed by atoms with Crippen LogP contribution in [0.2, 0.25) is 0 Å². The third kappa shape index (κ3) is 2.69. The molecular weight excluding hydrogens is 254 g/mol. The fourth-order valence-electron chi connectivity index (χ4n) is 2.79. The molecule has 1 amide bonds. The third-order valence-corrected chi connectivity index (χ3v) is 4.13. The van der Waals surface area contributed by atoms with E-state index in [0.29, 0.717) is 25.1 Å². The highest BCUT2D eigenvalue weighted by Gasteiger charge is 2.39. The second kappa shape index (κ2) is 5.65. The number of benzene rings is 1. The zero-order valence-electron chi connectivity index (χ0n) is 12.1. The Labute approximate surface area is 119 Å². The zero-order chi connectivity index (χ0) is 14.8. The first-order valence-electron chi connectivity index (χ1n) is 7.08. The number of carbonyl (C=O) groups is 2. The summed E-state index contributed by atoms with van der Waals surface area (Å²) >= 11 is 0. The van der Waals surface area contributed by atoms with Gasteiger partial charge in [0.15, 0.2) is 0 Å². The Morgan fingerprint density at radius 2 is 2.05 bits per heavy atom. The molecule has 1 aliphatic rings. The normalized spacial score (nSPS) is 22.6. The van der Waals surface area contributed by atoms with Gasteiger partial charge in [-0.15, -0.1) is 0 Å². The number of aryl methyl sites for hydroxylation is 1. The largest absolute Gasteiger partial charge is 0.481 e. The lowest BCUT2D eigenvalue weighted by molar-refractivity contribution is -0.150. The maximum atomic E-state index is 12.6. The molecule has 4 heteroatoms. The molecule has 0 spiro atoms. The van der Waals surface area contributed by atoms with Gasteiger partial charge in [0, 0.05) is 18.7 Å². The first kappa shape index (κ1) is 14.6. The van der Waals surface area contributed by atoms with Crippen LogP contribution in [0.5, 0.6) is 0 Å². The molecule has 20 heavy (non-hydrogen) atoms. The number of carboxylic acid groups (broad SMARTS) is 1. The van der Waals surface area contributed by atoms with Crippen LogP contribution in [0.25, 0.3) is 0 Å². The highest BCUT2D eigenvalue weighted by atomic mass is 16.4. The average molecular weight is 275 g/mol. The van der Waals surface area contributed by atoms with Gasteiger partial charge < -0.3 is 10.0 Å². The summed E-state index contributed by atoms with van der Waals surface area (Å²) in [4.78, 5) is 25.7. The molecule has 1 aromatic rings. The molecule has 0 saturated carbocycles. The Bertz CT molecular complexity index is 526. The monoisotopic (exact) mass is 275 g/mol. The second-order valence-electron chi connectivity index (χ2n) is 5.71. The minimum Gasteiger partial charge on any atom is -0.481 e. The predicted octanol–water partition coefficient (Wildman–Crippen LogP) is 2.58. The summed E-state index contributed by atoms with van der Waals surface area (Å²) < 4.78 is 0. The number of likely N-dealkylation sites (tertiary alicyclic amines) is 1. The summed E-state index contributed by atoms with van der Waals surface area (Å²) in [5, 5.41) is 9.33. The summed E-state index contributed by atoms with van der Waals surface area (Å²) in [5.41, 5.74) is 0.888. The van der Waals surface area contributed by atoms with Crippen molar-refractivity contribution in [1.29, 1.82) is 0 Å². The van der Waals surface area contributed by atoms with Gasteiger partial charge in [-0.05, 0) is 37.8 Å². The number of rotatable bonds is 3. The molecule has 1 aromatic carbocycles. The second-order valence-corrected chi connectivity index (χ2v) is 5.71. The molecule has 1 saturated heterocycles. The van der Waals surface area contributed by atoms with Crippen molar-refractivity contribution in [2.45, 2.75) is 33.1 Å². The van der Waals surface area contributed by atoms with Crippen LogP contribution in [0.1, 0.15) is 42.6 Å². The summed E-state index contributed by atoms with van der Waals surface area (Å²) in [6, 6.07) is 7.56. The fourth-order valence-corrected chi connectivity index (χ4v) is 2.79. The first-order valence-corrected chi connectivity index (χ1v) is 7.08. The molecule has 0 aromatic heterocycles. The summed E-state index contributed by atoms with van der Waals surface area (Å²) in [6.45, 7) is 4.67. The van der Waals surface area contributed by atoms with E-state index in [2.05, 4.69) is 0 Å². The number of carboxylic acids is 1. The molecule has 1 heterocycles. The fraction of sp³-hybridized carbons (Fsp3) is 0.500. The Hall–Kier alpha value is -1.84. The Morgan fingerprint density at radius 1 is 1.35 bits per heavy atom. The van der Waals surface area contributed by atoms with E-state index in [9.17, 15) is 14.7 Å². The van der Waals surface area contributed by atoms with Gasteiger partial charge in [-0.2, -0.15) is 0 Å². The Balaban J connectivity index is 2.23. The van der Waals surface area contributed by atoms with Gasteiger partial charge in [-0.25, -0.2) is 0 Å². The van der Waals surface area contributed by atoms with Crippen LogP contribution < -0.4 is 0 Å². The molecule has 0 radical (unpaired) electrons. The smallest absolute Gasteiger partial charge is 0.311 e. The molecule has 4 nitrogen and oxygen atoms in total. The quantitative estimate of drug-likeness (QED) is 0.922. The minimum atomic E-state index is -0.824. The van der Waals surface area contributed by atoms with Crippen molar-refractivity contribution in [3.05, 3.63) is 35.4 Å². The van der Waals surface area contributed by atoms with Crippen molar-refractivity contribution in [2.24, 2.45) is 5.41 Å². The molecule has 1 N–H and O–H groups in total. The van der Waals surface area contributed by atoms with E-state index in [1.807, 2.05) is 31.2 Å². The van der Waals surface area contributed by atoms with Crippen LogP contribution in [0.4, 0.5) is 0 Å². The maximum absolute atomic E-state index is 12.6. The molecule has 0 aliphatic carbocycles. The van der Waals surface area contributed by atoms with Crippen LogP contribution in [0.15, 0.2) is 24.3 Å². The number of amides is 1. The number of carbonyl (C=O) groups excluding carboxylic acids is 1. The van der Waals surface area contributed by atoms with Gasteiger partial charge in [-0.3, -0.25) is 9.59 Å². The van der Waals surface area contributed by atoms with Crippen LogP contribution in [0.3, 0.4) is 0 Å². The summed E-state index contributed by atoms with van der Waals surface area (Å²) in [7, 11) is 0. The van der Waals surface area contributed by atoms with Crippen molar-refractivity contribution in [3.8, 4) is 0 Å². The molecule has 1 aliphatic heterocycles. The van der Waals surface area contributed by atoms with Crippen LogP contribution in [-0.4, -0.2) is 35.0 Å². The molecule has 108 valence electrons. The molecule has 2 rings (SSSR count). The SMILES string of the molecule is CCc1ccccc1C(=O)N1CCCC(C)(C(=O)O)C1. The molecule has 1 atom stereocenters.